The molecule has 0 bridgehead atoms. The molecule has 0 N–H and O–H groups in total. The number of carbonyl (C=O) groups excluding carboxylic acids is 2. The molecule has 0 aromatic heterocycles. The molecule has 1 aliphatic rings. The molecule has 2 unspecified atom stereocenters. The SMILES string of the molecule is C=C(C)C(=O)OCC(=O)OC1CCC(C)C1. The fourth-order valence-corrected chi connectivity index (χ4v) is 1.73. The standard InChI is InChI=1S/C12H18O4/c1-8(2)12(14)15-7-11(13)16-10-5-4-9(3)6-10/h9-10H,1,4-7H2,2-3H3. The third kappa shape index (κ3) is 4.04. The minimum absolute atomic E-state index is 0.00831. The van der Waals surface area contributed by atoms with Gasteiger partial charge in [0.15, 0.2) is 6.61 Å². The lowest BCUT2D eigenvalue weighted by molar-refractivity contribution is -0.160. The lowest BCUT2D eigenvalue weighted by atomic mass is 10.1. The Hall–Kier alpha value is -1.32. The number of rotatable bonds is 4. The molecule has 1 saturated carbocycles. The zero-order valence-electron chi connectivity index (χ0n) is 9.82. The van der Waals surface area contributed by atoms with Crippen LogP contribution >= 0.6 is 0 Å². The summed E-state index contributed by atoms with van der Waals surface area (Å²) in [6.45, 7) is 6.76. The minimum atomic E-state index is -0.559. The maximum absolute atomic E-state index is 11.3. The van der Waals surface area contributed by atoms with E-state index >= 15 is 0 Å². The zero-order chi connectivity index (χ0) is 12.1. The highest BCUT2D eigenvalue weighted by Gasteiger charge is 2.24. The second-order valence-electron chi connectivity index (χ2n) is 4.39. The number of esters is 2. The van der Waals surface area contributed by atoms with Gasteiger partial charge >= 0.3 is 11.9 Å². The fourth-order valence-electron chi connectivity index (χ4n) is 1.73. The first-order valence-electron chi connectivity index (χ1n) is 5.51. The summed E-state index contributed by atoms with van der Waals surface area (Å²) in [5.41, 5.74) is 0.280. The van der Waals surface area contributed by atoms with Crippen LogP contribution < -0.4 is 0 Å². The van der Waals surface area contributed by atoms with E-state index in [2.05, 4.69) is 18.2 Å². The van der Waals surface area contributed by atoms with Crippen molar-refractivity contribution < 1.29 is 19.1 Å². The molecule has 0 amide bonds. The van der Waals surface area contributed by atoms with E-state index in [1.807, 2.05) is 0 Å². The molecule has 16 heavy (non-hydrogen) atoms. The van der Waals surface area contributed by atoms with E-state index in [1.165, 1.54) is 6.92 Å². The van der Waals surface area contributed by atoms with Gasteiger partial charge in [0.1, 0.15) is 6.10 Å². The quantitative estimate of drug-likeness (QED) is 0.542. The second-order valence-corrected chi connectivity index (χ2v) is 4.39. The highest BCUT2D eigenvalue weighted by Crippen LogP contribution is 2.26. The molecule has 1 rings (SSSR count). The molecule has 4 nitrogen and oxygen atoms in total. The maximum Gasteiger partial charge on any atom is 0.344 e. The topological polar surface area (TPSA) is 52.6 Å². The first-order valence-corrected chi connectivity index (χ1v) is 5.51. The van der Waals surface area contributed by atoms with Gasteiger partial charge in [0.25, 0.3) is 0 Å². The van der Waals surface area contributed by atoms with Crippen molar-refractivity contribution >= 4 is 11.9 Å². The number of hydrogen-bond donors (Lipinski definition) is 0. The molecule has 0 heterocycles. The Balaban J connectivity index is 2.21. The Morgan fingerprint density at radius 1 is 1.38 bits per heavy atom. The van der Waals surface area contributed by atoms with Gasteiger partial charge in [-0.15, -0.1) is 0 Å². The van der Waals surface area contributed by atoms with Gasteiger partial charge in [0.05, 0.1) is 0 Å². The van der Waals surface area contributed by atoms with Crippen LogP contribution in [0, 0.1) is 5.92 Å². The highest BCUT2D eigenvalue weighted by atomic mass is 16.6. The van der Waals surface area contributed by atoms with Crippen LogP contribution in [-0.4, -0.2) is 24.6 Å². The Morgan fingerprint density at radius 3 is 2.56 bits per heavy atom. The Labute approximate surface area is 95.6 Å². The van der Waals surface area contributed by atoms with Crippen molar-refractivity contribution in [2.45, 2.75) is 39.2 Å². The fraction of sp³-hybridized carbons (Fsp3) is 0.667. The van der Waals surface area contributed by atoms with Gasteiger partial charge < -0.3 is 9.47 Å². The molecular formula is C12H18O4. The van der Waals surface area contributed by atoms with Crippen LogP contribution in [0.15, 0.2) is 12.2 Å². The van der Waals surface area contributed by atoms with E-state index in [0.717, 1.165) is 19.3 Å². The van der Waals surface area contributed by atoms with Gasteiger partial charge in [0, 0.05) is 5.57 Å². The van der Waals surface area contributed by atoms with E-state index < -0.39 is 11.9 Å². The molecule has 4 heteroatoms. The Morgan fingerprint density at radius 2 is 2.06 bits per heavy atom. The zero-order valence-corrected chi connectivity index (χ0v) is 9.82. The summed E-state index contributed by atoms with van der Waals surface area (Å²) in [4.78, 5) is 22.3. The van der Waals surface area contributed by atoms with E-state index in [-0.39, 0.29) is 18.3 Å². The van der Waals surface area contributed by atoms with Crippen LogP contribution in [0.3, 0.4) is 0 Å². The van der Waals surface area contributed by atoms with Gasteiger partial charge in [-0.2, -0.15) is 0 Å². The minimum Gasteiger partial charge on any atom is -0.460 e. The predicted molar refractivity (Wildman–Crippen MR) is 58.7 cm³/mol. The summed E-state index contributed by atoms with van der Waals surface area (Å²) >= 11 is 0. The van der Waals surface area contributed by atoms with E-state index in [4.69, 9.17) is 4.74 Å². The van der Waals surface area contributed by atoms with Gasteiger partial charge in [-0.25, -0.2) is 9.59 Å². The number of carbonyl (C=O) groups is 2. The Bertz CT molecular complexity index is 295. The summed E-state index contributed by atoms with van der Waals surface area (Å²) in [5.74, 6) is -0.429. The molecule has 0 spiro atoms. The molecule has 0 aromatic carbocycles. The van der Waals surface area contributed by atoms with Crippen molar-refractivity contribution in [3.63, 3.8) is 0 Å². The Kier molecular flexibility index (Phi) is 4.52. The first-order chi connectivity index (χ1) is 7.49. The number of hydrogen-bond acceptors (Lipinski definition) is 4. The van der Waals surface area contributed by atoms with Crippen LogP contribution in [0.5, 0.6) is 0 Å². The highest BCUT2D eigenvalue weighted by molar-refractivity contribution is 5.88. The predicted octanol–water partition coefficient (Wildman–Crippen LogP) is 1.84. The summed E-state index contributed by atoms with van der Waals surface area (Å²) in [7, 11) is 0. The van der Waals surface area contributed by atoms with Crippen molar-refractivity contribution in [2.75, 3.05) is 6.61 Å². The third-order valence-electron chi connectivity index (χ3n) is 2.61. The largest absolute Gasteiger partial charge is 0.460 e. The lowest BCUT2D eigenvalue weighted by Gasteiger charge is -2.11. The monoisotopic (exact) mass is 226 g/mol. The summed E-state index contributed by atoms with van der Waals surface area (Å²) in [6, 6.07) is 0. The third-order valence-corrected chi connectivity index (χ3v) is 2.61. The smallest absolute Gasteiger partial charge is 0.344 e. The average molecular weight is 226 g/mol. The van der Waals surface area contributed by atoms with Crippen LogP contribution in [0.25, 0.3) is 0 Å². The van der Waals surface area contributed by atoms with Crippen molar-refractivity contribution in [3.8, 4) is 0 Å². The molecule has 0 aromatic rings. The van der Waals surface area contributed by atoms with E-state index in [9.17, 15) is 9.59 Å². The van der Waals surface area contributed by atoms with E-state index in [1.54, 1.807) is 0 Å². The summed E-state index contributed by atoms with van der Waals surface area (Å²) in [5, 5.41) is 0. The molecule has 90 valence electrons. The molecule has 1 aliphatic carbocycles. The average Bonchev–Trinajstić information content (AvgIpc) is 2.60. The van der Waals surface area contributed by atoms with Crippen LogP contribution in [0.1, 0.15) is 33.1 Å². The normalized spacial score (nSPS) is 23.9. The summed E-state index contributed by atoms with van der Waals surface area (Å²) < 4.78 is 9.86. The van der Waals surface area contributed by atoms with Gasteiger partial charge in [-0.05, 0) is 32.1 Å². The van der Waals surface area contributed by atoms with Crippen molar-refractivity contribution in [1.82, 2.24) is 0 Å². The van der Waals surface area contributed by atoms with Crippen LogP contribution in [0.4, 0.5) is 0 Å². The van der Waals surface area contributed by atoms with Crippen molar-refractivity contribution in [2.24, 2.45) is 5.92 Å². The van der Waals surface area contributed by atoms with Gasteiger partial charge in [-0.1, -0.05) is 13.5 Å². The molecular weight excluding hydrogens is 208 g/mol. The van der Waals surface area contributed by atoms with Crippen molar-refractivity contribution in [1.29, 1.82) is 0 Å². The lowest BCUT2D eigenvalue weighted by Crippen LogP contribution is -2.21. The van der Waals surface area contributed by atoms with Crippen LogP contribution in [0.2, 0.25) is 0 Å². The first kappa shape index (κ1) is 12.7. The van der Waals surface area contributed by atoms with Crippen LogP contribution in [-0.2, 0) is 19.1 Å². The molecule has 1 fully saturated rings. The molecule has 0 saturated heterocycles. The van der Waals surface area contributed by atoms with E-state index in [0.29, 0.717) is 5.92 Å². The maximum atomic E-state index is 11.3. The van der Waals surface area contributed by atoms with Gasteiger partial charge in [-0.3, -0.25) is 0 Å². The second kappa shape index (κ2) is 5.68. The number of ether oxygens (including phenoxy) is 2. The molecule has 2 atom stereocenters. The van der Waals surface area contributed by atoms with Gasteiger partial charge in [0.2, 0.25) is 0 Å². The van der Waals surface area contributed by atoms with Crippen molar-refractivity contribution in [3.05, 3.63) is 12.2 Å². The summed E-state index contributed by atoms with van der Waals surface area (Å²) in [6.07, 6.45) is 2.89. The molecule has 0 aliphatic heterocycles. The molecule has 0 radical (unpaired) electrons.